The maximum absolute atomic E-state index is 11.1. The highest BCUT2D eigenvalue weighted by atomic mass is 32.2. The molecule has 0 aliphatic carbocycles. The third kappa shape index (κ3) is 3.50. The van der Waals surface area contributed by atoms with Crippen molar-refractivity contribution in [3.05, 3.63) is 11.5 Å². The van der Waals surface area contributed by atoms with E-state index in [1.165, 1.54) is 17.8 Å². The van der Waals surface area contributed by atoms with E-state index in [2.05, 4.69) is 10.5 Å². The molecule has 1 atom stereocenters. The first-order valence-electron chi connectivity index (χ1n) is 3.95. The first-order chi connectivity index (χ1) is 6.22. The van der Waals surface area contributed by atoms with Crippen LogP contribution < -0.4 is 5.32 Å². The standard InChI is InChI=1S/C8H12N2O2S/c1-6-5-7(10-12-6)9-8(11)3-4-13-2/h3-4,6H,5H2,1-2H3,(H,9,10,11)/b4-3+. The Kier molecular flexibility index (Phi) is 3.82. The zero-order chi connectivity index (χ0) is 9.68. The van der Waals surface area contributed by atoms with Gasteiger partial charge in [-0.15, -0.1) is 11.8 Å². The van der Waals surface area contributed by atoms with Gasteiger partial charge in [-0.05, 0) is 18.6 Å². The van der Waals surface area contributed by atoms with Gasteiger partial charge in [0, 0.05) is 12.5 Å². The van der Waals surface area contributed by atoms with Gasteiger partial charge in [-0.1, -0.05) is 5.16 Å². The summed E-state index contributed by atoms with van der Waals surface area (Å²) in [6, 6.07) is 0. The first kappa shape index (κ1) is 10.1. The van der Waals surface area contributed by atoms with Crippen molar-refractivity contribution in [1.29, 1.82) is 0 Å². The second-order valence-corrected chi connectivity index (χ2v) is 3.43. The van der Waals surface area contributed by atoms with E-state index in [4.69, 9.17) is 4.84 Å². The number of amides is 1. The quantitative estimate of drug-likeness (QED) is 0.679. The predicted molar refractivity (Wildman–Crippen MR) is 53.4 cm³/mol. The van der Waals surface area contributed by atoms with Crippen LogP contribution >= 0.6 is 11.8 Å². The molecule has 1 amide bonds. The summed E-state index contributed by atoms with van der Waals surface area (Å²) in [7, 11) is 0. The summed E-state index contributed by atoms with van der Waals surface area (Å²) in [4.78, 5) is 16.0. The van der Waals surface area contributed by atoms with E-state index in [0.29, 0.717) is 12.3 Å². The van der Waals surface area contributed by atoms with Crippen LogP contribution in [0.2, 0.25) is 0 Å². The molecule has 1 aliphatic heterocycles. The van der Waals surface area contributed by atoms with E-state index in [1.54, 1.807) is 5.41 Å². The van der Waals surface area contributed by atoms with Crippen LogP contribution in [0, 0.1) is 0 Å². The van der Waals surface area contributed by atoms with Gasteiger partial charge >= 0.3 is 0 Å². The SMILES string of the molecule is CS/C=C/C(=O)NC1=NOC(C)C1. The molecule has 4 nitrogen and oxygen atoms in total. The number of thioether (sulfide) groups is 1. The monoisotopic (exact) mass is 200 g/mol. The van der Waals surface area contributed by atoms with E-state index >= 15 is 0 Å². The number of hydrogen-bond donors (Lipinski definition) is 1. The van der Waals surface area contributed by atoms with Crippen LogP contribution in [0.15, 0.2) is 16.6 Å². The summed E-state index contributed by atoms with van der Waals surface area (Å²) in [5, 5.41) is 8.06. The van der Waals surface area contributed by atoms with Crippen LogP contribution in [0.3, 0.4) is 0 Å². The minimum Gasteiger partial charge on any atom is -0.391 e. The molecule has 1 N–H and O–H groups in total. The molecular formula is C8H12N2O2S. The van der Waals surface area contributed by atoms with Crippen LogP contribution in [-0.2, 0) is 9.63 Å². The molecule has 1 rings (SSSR count). The highest BCUT2D eigenvalue weighted by Gasteiger charge is 2.16. The molecule has 0 aromatic heterocycles. The zero-order valence-electron chi connectivity index (χ0n) is 7.61. The zero-order valence-corrected chi connectivity index (χ0v) is 8.43. The van der Waals surface area contributed by atoms with Crippen molar-refractivity contribution in [2.75, 3.05) is 6.26 Å². The van der Waals surface area contributed by atoms with Crippen molar-refractivity contribution in [2.45, 2.75) is 19.4 Å². The highest BCUT2D eigenvalue weighted by Crippen LogP contribution is 2.07. The van der Waals surface area contributed by atoms with Gasteiger partial charge in [0.25, 0.3) is 0 Å². The van der Waals surface area contributed by atoms with Crippen molar-refractivity contribution in [1.82, 2.24) is 5.32 Å². The number of carbonyl (C=O) groups is 1. The molecule has 1 unspecified atom stereocenters. The fraction of sp³-hybridized carbons (Fsp3) is 0.500. The topological polar surface area (TPSA) is 50.7 Å². The normalized spacial score (nSPS) is 21.4. The van der Waals surface area contributed by atoms with Gasteiger partial charge < -0.3 is 10.2 Å². The minimum absolute atomic E-state index is 0.0693. The van der Waals surface area contributed by atoms with Crippen LogP contribution in [0.1, 0.15) is 13.3 Å². The van der Waals surface area contributed by atoms with Gasteiger partial charge in [0.15, 0.2) is 5.84 Å². The van der Waals surface area contributed by atoms with Crippen molar-refractivity contribution in [3.8, 4) is 0 Å². The Morgan fingerprint density at radius 3 is 3.15 bits per heavy atom. The molecule has 0 saturated carbocycles. The lowest BCUT2D eigenvalue weighted by molar-refractivity contribution is -0.115. The lowest BCUT2D eigenvalue weighted by Gasteiger charge is -1.98. The molecular weight excluding hydrogens is 188 g/mol. The molecule has 1 heterocycles. The molecule has 5 heteroatoms. The largest absolute Gasteiger partial charge is 0.391 e. The summed E-state index contributed by atoms with van der Waals surface area (Å²) in [6.07, 6.45) is 4.09. The third-order valence-electron chi connectivity index (χ3n) is 1.45. The number of carbonyl (C=O) groups excluding carboxylic acids is 1. The van der Waals surface area contributed by atoms with Crippen molar-refractivity contribution in [3.63, 3.8) is 0 Å². The molecule has 0 aromatic carbocycles. The van der Waals surface area contributed by atoms with Gasteiger partial charge in [-0.2, -0.15) is 0 Å². The Hall–Kier alpha value is -0.970. The fourth-order valence-electron chi connectivity index (χ4n) is 0.888. The number of oxime groups is 1. The molecule has 0 aromatic rings. The van der Waals surface area contributed by atoms with E-state index < -0.39 is 0 Å². The van der Waals surface area contributed by atoms with Crippen molar-refractivity contribution < 1.29 is 9.63 Å². The number of nitrogens with one attached hydrogen (secondary N) is 1. The first-order valence-corrected chi connectivity index (χ1v) is 5.24. The van der Waals surface area contributed by atoms with Crippen molar-refractivity contribution >= 4 is 23.5 Å². The van der Waals surface area contributed by atoms with Gasteiger partial charge in [0.1, 0.15) is 6.10 Å². The molecule has 72 valence electrons. The number of nitrogens with zero attached hydrogens (tertiary/aromatic N) is 1. The van der Waals surface area contributed by atoms with Crippen molar-refractivity contribution in [2.24, 2.45) is 5.16 Å². The maximum atomic E-state index is 11.1. The van der Waals surface area contributed by atoms with Gasteiger partial charge in [-0.25, -0.2) is 0 Å². The molecule has 0 spiro atoms. The smallest absolute Gasteiger partial charge is 0.249 e. The molecule has 0 fully saturated rings. The molecule has 0 radical (unpaired) electrons. The third-order valence-corrected chi connectivity index (χ3v) is 1.85. The average molecular weight is 200 g/mol. The summed E-state index contributed by atoms with van der Waals surface area (Å²) in [6.45, 7) is 1.90. The van der Waals surface area contributed by atoms with Crippen LogP contribution in [0.25, 0.3) is 0 Å². The van der Waals surface area contributed by atoms with E-state index in [1.807, 2.05) is 13.2 Å². The van der Waals surface area contributed by atoms with Crippen LogP contribution in [-0.4, -0.2) is 24.1 Å². The lowest BCUT2D eigenvalue weighted by Crippen LogP contribution is -2.28. The number of rotatable bonds is 2. The Bertz CT molecular complexity index is 251. The molecule has 0 bridgehead atoms. The summed E-state index contributed by atoms with van der Waals surface area (Å²) >= 11 is 1.48. The second kappa shape index (κ2) is 4.91. The lowest BCUT2D eigenvalue weighted by atomic mass is 10.3. The molecule has 13 heavy (non-hydrogen) atoms. The molecule has 1 aliphatic rings. The number of amidine groups is 1. The minimum atomic E-state index is -0.161. The van der Waals surface area contributed by atoms with E-state index in [9.17, 15) is 4.79 Å². The molecule has 0 saturated heterocycles. The highest BCUT2D eigenvalue weighted by molar-refractivity contribution is 8.01. The summed E-state index contributed by atoms with van der Waals surface area (Å²) < 4.78 is 0. The van der Waals surface area contributed by atoms with E-state index in [-0.39, 0.29) is 12.0 Å². The van der Waals surface area contributed by atoms with E-state index in [0.717, 1.165) is 0 Å². The van der Waals surface area contributed by atoms with Crippen LogP contribution in [0.5, 0.6) is 0 Å². The fourth-order valence-corrected chi connectivity index (χ4v) is 1.15. The Balaban J connectivity index is 2.33. The number of hydrogen-bond acceptors (Lipinski definition) is 4. The average Bonchev–Trinajstić information content (AvgIpc) is 2.48. The summed E-state index contributed by atoms with van der Waals surface area (Å²) in [5.41, 5.74) is 0. The van der Waals surface area contributed by atoms with Crippen LogP contribution in [0.4, 0.5) is 0 Å². The Labute approximate surface area is 81.4 Å². The Morgan fingerprint density at radius 2 is 2.62 bits per heavy atom. The summed E-state index contributed by atoms with van der Waals surface area (Å²) in [5.74, 6) is 0.439. The van der Waals surface area contributed by atoms with Gasteiger partial charge in [-0.3, -0.25) is 4.79 Å². The van der Waals surface area contributed by atoms with Gasteiger partial charge in [0.05, 0.1) is 0 Å². The second-order valence-electron chi connectivity index (χ2n) is 2.69. The Morgan fingerprint density at radius 1 is 1.85 bits per heavy atom. The predicted octanol–water partition coefficient (Wildman–Crippen LogP) is 1.10. The van der Waals surface area contributed by atoms with Gasteiger partial charge in [0.2, 0.25) is 5.91 Å². The maximum Gasteiger partial charge on any atom is 0.249 e.